The van der Waals surface area contributed by atoms with Crippen molar-refractivity contribution in [2.24, 2.45) is 4.99 Å². The van der Waals surface area contributed by atoms with Crippen LogP contribution in [0.5, 0.6) is 0 Å². The van der Waals surface area contributed by atoms with Crippen molar-refractivity contribution < 1.29 is 23.2 Å². The molecule has 1 aromatic heterocycles. The summed E-state index contributed by atoms with van der Waals surface area (Å²) in [5, 5.41) is 2.88. The Morgan fingerprint density at radius 3 is 2.59 bits per heavy atom. The number of nitrogens with one attached hydrogen (secondary N) is 1. The minimum absolute atomic E-state index is 0.149. The molecular formula is C28H26F2N4O3. The average Bonchev–Trinajstić information content (AvgIpc) is 3.65. The highest BCUT2D eigenvalue weighted by molar-refractivity contribution is 6.08. The smallest absolute Gasteiger partial charge is 0.276 e. The van der Waals surface area contributed by atoms with E-state index in [4.69, 9.17) is 0 Å². The van der Waals surface area contributed by atoms with E-state index in [1.54, 1.807) is 36.4 Å². The monoisotopic (exact) mass is 504 g/mol. The summed E-state index contributed by atoms with van der Waals surface area (Å²) in [6.45, 7) is 3.38. The minimum atomic E-state index is -1.37. The highest BCUT2D eigenvalue weighted by atomic mass is 19.1. The molecule has 37 heavy (non-hydrogen) atoms. The van der Waals surface area contributed by atoms with E-state index < -0.39 is 41.9 Å². The van der Waals surface area contributed by atoms with Gasteiger partial charge in [0.05, 0.1) is 24.7 Å². The fraction of sp³-hybridized carbons (Fsp3) is 0.321. The van der Waals surface area contributed by atoms with Crippen molar-refractivity contribution in [3.8, 4) is 0 Å². The second kappa shape index (κ2) is 10.2. The molecule has 2 aromatic rings. The van der Waals surface area contributed by atoms with Crippen LogP contribution in [0.3, 0.4) is 0 Å². The number of hydrogen-bond acceptors (Lipinski definition) is 4. The number of hydrogen-bond donors (Lipinski definition) is 1. The van der Waals surface area contributed by atoms with E-state index in [1.165, 1.54) is 17.2 Å². The van der Waals surface area contributed by atoms with Gasteiger partial charge in [0, 0.05) is 23.8 Å². The van der Waals surface area contributed by atoms with E-state index in [9.17, 15) is 23.2 Å². The van der Waals surface area contributed by atoms with Crippen LogP contribution in [0, 0.1) is 5.95 Å². The Hall–Kier alpha value is -4.01. The zero-order chi connectivity index (χ0) is 26.1. The van der Waals surface area contributed by atoms with Crippen molar-refractivity contribution >= 4 is 23.9 Å². The predicted octanol–water partition coefficient (Wildman–Crippen LogP) is 3.73. The second-order valence-corrected chi connectivity index (χ2v) is 9.62. The maximum absolute atomic E-state index is 14.8. The van der Waals surface area contributed by atoms with Crippen LogP contribution in [-0.2, 0) is 14.4 Å². The van der Waals surface area contributed by atoms with E-state index in [1.807, 2.05) is 6.07 Å². The molecule has 2 fully saturated rings. The quantitative estimate of drug-likeness (QED) is 0.460. The van der Waals surface area contributed by atoms with Crippen LogP contribution in [0.25, 0.3) is 0 Å². The van der Waals surface area contributed by atoms with E-state index >= 15 is 0 Å². The molecule has 2 aliphatic heterocycles. The van der Waals surface area contributed by atoms with Gasteiger partial charge < -0.3 is 10.2 Å². The van der Waals surface area contributed by atoms with Crippen LogP contribution in [-0.4, -0.2) is 52.6 Å². The van der Waals surface area contributed by atoms with Gasteiger partial charge in [0.1, 0.15) is 12.2 Å². The lowest BCUT2D eigenvalue weighted by Gasteiger charge is -2.27. The number of aromatic nitrogens is 1. The number of halogens is 2. The van der Waals surface area contributed by atoms with Gasteiger partial charge in [-0.3, -0.25) is 14.4 Å². The summed E-state index contributed by atoms with van der Waals surface area (Å²) in [5.74, 6) is -1.87. The van der Waals surface area contributed by atoms with E-state index in [-0.39, 0.29) is 30.9 Å². The molecule has 0 bridgehead atoms. The van der Waals surface area contributed by atoms with Crippen LogP contribution in [0.15, 0.2) is 71.3 Å². The predicted molar refractivity (Wildman–Crippen MR) is 133 cm³/mol. The normalized spacial score (nSPS) is 22.1. The standard InChI is InChI=1S/C28H26F2N4O3/c1-16-11-17(14-31-27(16)36)12-24(35)34-15-20(29)13-23(34)28(37)33-25(19-5-3-2-4-6-19)22-10-9-21(18-7-8-18)26(30)32-22/h2-6,9-11,14,18,20,23,25H,1,7-8,12-13,15H2,(H,33,37)/t20-,23+,25+/m1/s1. The lowest BCUT2D eigenvalue weighted by molar-refractivity contribution is -0.138. The van der Waals surface area contributed by atoms with Gasteiger partial charge in [-0.25, -0.2) is 14.4 Å². The molecule has 190 valence electrons. The molecule has 3 amide bonds. The summed E-state index contributed by atoms with van der Waals surface area (Å²) < 4.78 is 29.2. The first-order valence-electron chi connectivity index (χ1n) is 12.2. The molecule has 5 rings (SSSR count). The highest BCUT2D eigenvalue weighted by Crippen LogP contribution is 2.41. The zero-order valence-corrected chi connectivity index (χ0v) is 20.1. The molecule has 3 aliphatic rings. The lowest BCUT2D eigenvalue weighted by atomic mass is 10.0. The summed E-state index contributed by atoms with van der Waals surface area (Å²) in [4.78, 5) is 47.0. The molecule has 9 heteroatoms. The average molecular weight is 505 g/mol. The molecule has 0 spiro atoms. The zero-order valence-electron chi connectivity index (χ0n) is 20.1. The molecule has 0 radical (unpaired) electrons. The van der Waals surface area contributed by atoms with Crippen LogP contribution in [0.1, 0.15) is 54.5 Å². The largest absolute Gasteiger partial charge is 0.342 e. The lowest BCUT2D eigenvalue weighted by Crippen LogP contribution is -2.47. The Morgan fingerprint density at radius 2 is 1.92 bits per heavy atom. The van der Waals surface area contributed by atoms with Crippen molar-refractivity contribution in [2.45, 2.75) is 49.9 Å². The van der Waals surface area contributed by atoms with Gasteiger partial charge in [0.2, 0.25) is 17.8 Å². The SMILES string of the molecule is C=C1C=C(CC(=O)N2C[C@H](F)C[C@H]2C(=O)N[C@@H](c2ccccc2)c2ccc(C3CC3)c(F)n2)C=NC1=O. The number of carbonyl (C=O) groups excluding carboxylic acids is 3. The summed E-state index contributed by atoms with van der Waals surface area (Å²) >= 11 is 0. The molecule has 1 aliphatic carbocycles. The Labute approximate surface area is 213 Å². The van der Waals surface area contributed by atoms with Crippen molar-refractivity contribution in [3.63, 3.8) is 0 Å². The number of carbonyl (C=O) groups is 3. The van der Waals surface area contributed by atoms with Crippen LogP contribution in [0.2, 0.25) is 0 Å². The van der Waals surface area contributed by atoms with Gasteiger partial charge in [-0.05, 0) is 42.0 Å². The van der Waals surface area contributed by atoms with E-state index in [0.29, 0.717) is 22.4 Å². The number of amides is 3. The van der Waals surface area contributed by atoms with Crippen molar-refractivity contribution in [1.29, 1.82) is 0 Å². The van der Waals surface area contributed by atoms with Crippen LogP contribution in [0.4, 0.5) is 8.78 Å². The number of aliphatic imine (C=N–C) groups is 1. The third-order valence-electron chi connectivity index (χ3n) is 6.84. The number of dihydropyridines is 1. The maximum atomic E-state index is 14.8. The third kappa shape index (κ3) is 5.40. The molecule has 3 heterocycles. The van der Waals surface area contributed by atoms with Gasteiger partial charge in [-0.2, -0.15) is 4.39 Å². The molecule has 7 nitrogen and oxygen atoms in total. The van der Waals surface area contributed by atoms with Crippen molar-refractivity contribution in [1.82, 2.24) is 15.2 Å². The molecule has 1 N–H and O–H groups in total. The fourth-order valence-electron chi connectivity index (χ4n) is 4.76. The summed E-state index contributed by atoms with van der Waals surface area (Å²) in [7, 11) is 0. The Balaban J connectivity index is 1.36. The number of benzene rings is 1. The number of pyridine rings is 1. The molecule has 1 saturated carbocycles. The minimum Gasteiger partial charge on any atom is -0.342 e. The molecule has 3 atom stereocenters. The molecule has 0 unspecified atom stereocenters. The maximum Gasteiger partial charge on any atom is 0.276 e. The van der Waals surface area contributed by atoms with Crippen molar-refractivity contribution in [2.75, 3.05) is 6.54 Å². The number of likely N-dealkylation sites (tertiary alicyclic amines) is 1. The summed E-state index contributed by atoms with van der Waals surface area (Å²) in [6, 6.07) is 10.6. The first kappa shape index (κ1) is 24.7. The van der Waals surface area contributed by atoms with Gasteiger partial charge >= 0.3 is 0 Å². The molecule has 1 saturated heterocycles. The van der Waals surface area contributed by atoms with Crippen molar-refractivity contribution in [3.05, 3.63) is 89.0 Å². The first-order chi connectivity index (χ1) is 17.8. The number of rotatable bonds is 7. The summed E-state index contributed by atoms with van der Waals surface area (Å²) in [6.07, 6.45) is 2.93. The van der Waals surface area contributed by atoms with Gasteiger partial charge in [-0.1, -0.05) is 43.0 Å². The van der Waals surface area contributed by atoms with Gasteiger partial charge in [0.15, 0.2) is 0 Å². The van der Waals surface area contributed by atoms with Crippen LogP contribution >= 0.6 is 0 Å². The van der Waals surface area contributed by atoms with Gasteiger partial charge in [0.25, 0.3) is 5.91 Å². The fourth-order valence-corrected chi connectivity index (χ4v) is 4.76. The molecule has 1 aromatic carbocycles. The first-order valence-corrected chi connectivity index (χ1v) is 12.2. The number of nitrogens with zero attached hydrogens (tertiary/aromatic N) is 3. The molecular weight excluding hydrogens is 478 g/mol. The summed E-state index contributed by atoms with van der Waals surface area (Å²) in [5.41, 5.74) is 2.18. The van der Waals surface area contributed by atoms with Gasteiger partial charge in [-0.15, -0.1) is 0 Å². The van der Waals surface area contributed by atoms with Crippen LogP contribution < -0.4 is 5.32 Å². The Morgan fingerprint density at radius 1 is 1.16 bits per heavy atom. The van der Waals surface area contributed by atoms with E-state index in [2.05, 4.69) is 21.9 Å². The third-order valence-corrected chi connectivity index (χ3v) is 6.84. The number of alkyl halides is 1. The Kier molecular flexibility index (Phi) is 6.78. The second-order valence-electron chi connectivity index (χ2n) is 9.62. The Bertz CT molecular complexity index is 1320. The highest BCUT2D eigenvalue weighted by Gasteiger charge is 2.41. The van der Waals surface area contributed by atoms with E-state index in [0.717, 1.165) is 12.8 Å². The topological polar surface area (TPSA) is 91.7 Å².